The number of hydrogen-bond donors (Lipinski definition) is 2. The van der Waals surface area contributed by atoms with Gasteiger partial charge in [-0.1, -0.05) is 36.0 Å². The molecule has 0 saturated carbocycles. The fourth-order valence-corrected chi connectivity index (χ4v) is 4.81. The molecule has 1 fully saturated rings. The fourth-order valence-electron chi connectivity index (χ4n) is 3.97. The Morgan fingerprint density at radius 3 is 2.58 bits per heavy atom. The molecule has 5 rings (SSSR count). The number of rotatable bonds is 6. The first-order chi connectivity index (χ1) is 16.2. The van der Waals surface area contributed by atoms with E-state index in [0.29, 0.717) is 24.2 Å². The van der Waals surface area contributed by atoms with Gasteiger partial charge in [-0.05, 0) is 48.7 Å². The molecule has 0 aliphatic carbocycles. The van der Waals surface area contributed by atoms with Gasteiger partial charge in [0, 0.05) is 30.4 Å². The zero-order valence-electron chi connectivity index (χ0n) is 18.0. The van der Waals surface area contributed by atoms with Gasteiger partial charge in [0.15, 0.2) is 5.16 Å². The zero-order chi connectivity index (χ0) is 22.6. The number of carbonyl (C=O) groups excluding carboxylic acids is 2. The number of hydrogen-bond acceptors (Lipinski definition) is 5. The number of carbonyl (C=O) groups is 2. The van der Waals surface area contributed by atoms with Gasteiger partial charge in [-0.15, -0.1) is 0 Å². The largest absolute Gasteiger partial charge is 0.472 e. The number of aromatic amines is 1. The molecule has 0 radical (unpaired) electrons. The molecule has 1 aliphatic heterocycles. The quantitative estimate of drug-likeness (QED) is 0.414. The molecule has 2 amide bonds. The van der Waals surface area contributed by atoms with Gasteiger partial charge in [0.25, 0.3) is 11.8 Å². The molecule has 7 nitrogen and oxygen atoms in total. The summed E-state index contributed by atoms with van der Waals surface area (Å²) in [6, 6.07) is 17.4. The molecule has 168 valence electrons. The Hall–Kier alpha value is -3.52. The lowest BCUT2D eigenvalue weighted by Crippen LogP contribution is -2.46. The minimum absolute atomic E-state index is 0.0235. The van der Waals surface area contributed by atoms with Crippen LogP contribution in [0.2, 0.25) is 0 Å². The normalized spacial score (nSPS) is 14.5. The van der Waals surface area contributed by atoms with Crippen LogP contribution < -0.4 is 5.32 Å². The van der Waals surface area contributed by atoms with Crippen LogP contribution in [0.5, 0.6) is 0 Å². The van der Waals surface area contributed by atoms with Gasteiger partial charge >= 0.3 is 0 Å². The number of H-pyrrole nitrogens is 1. The van der Waals surface area contributed by atoms with Crippen LogP contribution >= 0.6 is 11.8 Å². The Kier molecular flexibility index (Phi) is 6.17. The van der Waals surface area contributed by atoms with Gasteiger partial charge in [0.2, 0.25) is 0 Å². The number of benzene rings is 2. The summed E-state index contributed by atoms with van der Waals surface area (Å²) in [7, 11) is 0. The molecule has 2 aromatic carbocycles. The number of nitrogens with zero attached hydrogens (tertiary/aromatic N) is 2. The number of amides is 2. The van der Waals surface area contributed by atoms with E-state index in [9.17, 15) is 9.59 Å². The van der Waals surface area contributed by atoms with E-state index in [1.807, 2.05) is 53.4 Å². The van der Waals surface area contributed by atoms with E-state index in [2.05, 4.69) is 15.3 Å². The predicted molar refractivity (Wildman–Crippen MR) is 127 cm³/mol. The maximum Gasteiger partial charge on any atom is 0.257 e. The van der Waals surface area contributed by atoms with Gasteiger partial charge in [0.1, 0.15) is 6.26 Å². The number of fused-ring (bicyclic) bond motifs is 1. The molecule has 0 bridgehead atoms. The molecule has 3 heterocycles. The Morgan fingerprint density at radius 1 is 1.06 bits per heavy atom. The van der Waals surface area contributed by atoms with Gasteiger partial charge in [-0.25, -0.2) is 4.98 Å². The Balaban J connectivity index is 1.10. The van der Waals surface area contributed by atoms with Crippen molar-refractivity contribution in [3.05, 3.63) is 83.8 Å². The highest BCUT2D eigenvalue weighted by atomic mass is 32.2. The zero-order valence-corrected chi connectivity index (χ0v) is 18.8. The van der Waals surface area contributed by atoms with Crippen molar-refractivity contribution in [2.24, 2.45) is 0 Å². The van der Waals surface area contributed by atoms with Crippen LogP contribution in [-0.4, -0.2) is 45.8 Å². The molecule has 0 atom stereocenters. The average Bonchev–Trinajstić information content (AvgIpc) is 3.53. The van der Waals surface area contributed by atoms with Gasteiger partial charge in [0.05, 0.1) is 22.9 Å². The number of nitrogens with one attached hydrogen (secondary N) is 2. The maximum atomic E-state index is 12.7. The molecule has 1 aliphatic rings. The van der Waals surface area contributed by atoms with Crippen LogP contribution in [0, 0.1) is 0 Å². The molecule has 33 heavy (non-hydrogen) atoms. The van der Waals surface area contributed by atoms with Crippen LogP contribution in [0.3, 0.4) is 0 Å². The van der Waals surface area contributed by atoms with Crippen molar-refractivity contribution in [3.63, 3.8) is 0 Å². The van der Waals surface area contributed by atoms with Crippen molar-refractivity contribution in [1.82, 2.24) is 20.2 Å². The molecule has 2 N–H and O–H groups in total. The molecule has 1 saturated heterocycles. The van der Waals surface area contributed by atoms with Crippen LogP contribution in [0.15, 0.2) is 76.7 Å². The monoisotopic (exact) mass is 460 g/mol. The highest BCUT2D eigenvalue weighted by molar-refractivity contribution is 7.98. The lowest BCUT2D eigenvalue weighted by atomic mass is 10.0. The van der Waals surface area contributed by atoms with Crippen molar-refractivity contribution >= 4 is 34.6 Å². The van der Waals surface area contributed by atoms with Crippen molar-refractivity contribution in [2.45, 2.75) is 29.8 Å². The highest BCUT2D eigenvalue weighted by Gasteiger charge is 2.25. The Bertz CT molecular complexity index is 1210. The van der Waals surface area contributed by atoms with Crippen LogP contribution in [0.1, 0.15) is 39.1 Å². The molecule has 0 unspecified atom stereocenters. The van der Waals surface area contributed by atoms with E-state index in [1.165, 1.54) is 12.5 Å². The molecule has 0 spiro atoms. The summed E-state index contributed by atoms with van der Waals surface area (Å²) < 4.78 is 5.00. The van der Waals surface area contributed by atoms with Crippen LogP contribution in [0.25, 0.3) is 11.0 Å². The third kappa shape index (κ3) is 4.96. The smallest absolute Gasteiger partial charge is 0.257 e. The summed E-state index contributed by atoms with van der Waals surface area (Å²) in [5.41, 5.74) is 4.33. The van der Waals surface area contributed by atoms with Crippen molar-refractivity contribution in [1.29, 1.82) is 0 Å². The summed E-state index contributed by atoms with van der Waals surface area (Å²) in [6.45, 7) is 1.24. The number of piperidine rings is 1. The summed E-state index contributed by atoms with van der Waals surface area (Å²) >= 11 is 1.64. The van der Waals surface area contributed by atoms with Gasteiger partial charge in [-0.2, -0.15) is 0 Å². The summed E-state index contributed by atoms with van der Waals surface area (Å²) in [5, 5.41) is 3.99. The third-order valence-corrected chi connectivity index (χ3v) is 6.79. The first kappa shape index (κ1) is 21.3. The van der Waals surface area contributed by atoms with E-state index in [0.717, 1.165) is 40.3 Å². The number of para-hydroxylation sites is 2. The minimum atomic E-state index is -0.0777. The van der Waals surface area contributed by atoms with Crippen molar-refractivity contribution in [2.75, 3.05) is 13.1 Å². The summed E-state index contributed by atoms with van der Waals surface area (Å²) in [4.78, 5) is 34.8. The van der Waals surface area contributed by atoms with E-state index >= 15 is 0 Å². The van der Waals surface area contributed by atoms with E-state index < -0.39 is 0 Å². The standard InChI is InChI=1S/C25H24N4O3S/c30-23(26-20-9-12-29(13-10-20)24(31)19-11-14-32-15-19)18-7-5-17(6-8-18)16-33-25-27-21-3-1-2-4-22(21)28-25/h1-8,11,14-15,20H,9-10,12-13,16H2,(H,26,30)(H,27,28). The molecule has 2 aromatic heterocycles. The number of imidazole rings is 1. The van der Waals surface area contributed by atoms with Gasteiger partial charge < -0.3 is 19.6 Å². The second-order valence-electron chi connectivity index (χ2n) is 8.10. The van der Waals surface area contributed by atoms with Gasteiger partial charge in [-0.3, -0.25) is 9.59 Å². The molecule has 4 aromatic rings. The minimum Gasteiger partial charge on any atom is -0.472 e. The van der Waals surface area contributed by atoms with Crippen molar-refractivity contribution < 1.29 is 14.0 Å². The second kappa shape index (κ2) is 9.54. The Labute approximate surface area is 195 Å². The summed E-state index contributed by atoms with van der Waals surface area (Å²) in [6.07, 6.45) is 4.45. The predicted octanol–water partition coefficient (Wildman–Crippen LogP) is 4.48. The van der Waals surface area contributed by atoms with E-state index in [1.54, 1.807) is 17.8 Å². The Morgan fingerprint density at radius 2 is 1.85 bits per heavy atom. The third-order valence-electron chi connectivity index (χ3n) is 5.84. The fraction of sp³-hybridized carbons (Fsp3) is 0.240. The van der Waals surface area contributed by atoms with Crippen LogP contribution in [0.4, 0.5) is 0 Å². The first-order valence-electron chi connectivity index (χ1n) is 10.9. The first-order valence-corrected chi connectivity index (χ1v) is 11.9. The maximum absolute atomic E-state index is 12.7. The molecular weight excluding hydrogens is 436 g/mol. The number of likely N-dealkylation sites (tertiary alicyclic amines) is 1. The second-order valence-corrected chi connectivity index (χ2v) is 9.06. The number of furan rings is 1. The molecule has 8 heteroatoms. The number of thioether (sulfide) groups is 1. The number of aromatic nitrogens is 2. The average molecular weight is 461 g/mol. The SMILES string of the molecule is O=C(NC1CCN(C(=O)c2ccoc2)CC1)c1ccc(CSc2nc3ccccc3[nH]2)cc1. The van der Waals surface area contributed by atoms with Crippen molar-refractivity contribution in [3.8, 4) is 0 Å². The highest BCUT2D eigenvalue weighted by Crippen LogP contribution is 2.23. The lowest BCUT2D eigenvalue weighted by Gasteiger charge is -2.32. The van der Waals surface area contributed by atoms with E-state index in [-0.39, 0.29) is 17.9 Å². The van der Waals surface area contributed by atoms with E-state index in [4.69, 9.17) is 4.42 Å². The topological polar surface area (TPSA) is 91.2 Å². The molecular formula is C25H24N4O3S. The summed E-state index contributed by atoms with van der Waals surface area (Å²) in [5.74, 6) is 0.668. The van der Waals surface area contributed by atoms with Crippen LogP contribution in [-0.2, 0) is 5.75 Å². The lowest BCUT2D eigenvalue weighted by molar-refractivity contribution is 0.0697.